The Morgan fingerprint density at radius 1 is 1.17 bits per heavy atom. The number of morpholine rings is 1. The molecule has 7 heteroatoms. The van der Waals surface area contributed by atoms with Crippen LogP contribution in [0.15, 0.2) is 51.7 Å². The number of ether oxygens (including phenoxy) is 1. The van der Waals surface area contributed by atoms with Crippen molar-refractivity contribution in [2.24, 2.45) is 7.05 Å². The van der Waals surface area contributed by atoms with E-state index in [2.05, 4.69) is 9.88 Å². The van der Waals surface area contributed by atoms with Crippen molar-refractivity contribution < 1.29 is 18.8 Å². The molecule has 1 aliphatic rings. The number of phenolic OH excluding ortho intramolecular Hbond substituents is 1. The number of hydrogen-bond acceptors (Lipinski definition) is 5. The van der Waals surface area contributed by atoms with E-state index in [0.717, 1.165) is 29.5 Å². The first-order valence-corrected chi connectivity index (χ1v) is 9.68. The van der Waals surface area contributed by atoms with E-state index in [9.17, 15) is 9.90 Å². The minimum absolute atomic E-state index is 0.135. The maximum Gasteiger partial charge on any atom is 0.352 e. The third-order valence-electron chi connectivity index (χ3n) is 5.58. The molecule has 0 saturated carbocycles. The standard InChI is InChI=1S/C22H21N3O4/c1-24-18-5-3-2-4-17(18)23-21(24)15-12-14-6-7-19(26)16(20(14)29-22(15)27)13-25-8-10-28-11-9-25/h2-7,12H,8-11,13H2,1H3,(H,23,26,27)/p+1. The number of fused-ring (bicyclic) bond motifs is 2. The molecule has 1 saturated heterocycles. The maximum atomic E-state index is 12.9. The van der Waals surface area contributed by atoms with Gasteiger partial charge in [0.1, 0.15) is 11.3 Å². The van der Waals surface area contributed by atoms with E-state index in [4.69, 9.17) is 9.15 Å². The van der Waals surface area contributed by atoms with Gasteiger partial charge in [-0.15, -0.1) is 0 Å². The number of aromatic nitrogens is 2. The minimum atomic E-state index is -0.437. The number of nitrogens with one attached hydrogen (secondary N) is 1. The van der Waals surface area contributed by atoms with Gasteiger partial charge in [-0.05, 0) is 30.3 Å². The second-order valence-corrected chi connectivity index (χ2v) is 7.37. The van der Waals surface area contributed by atoms with Gasteiger partial charge in [0.15, 0.2) is 16.6 Å². The summed E-state index contributed by atoms with van der Waals surface area (Å²) in [4.78, 5) is 18.4. The number of para-hydroxylation sites is 2. The second kappa shape index (κ2) is 7.02. The molecule has 2 aromatic heterocycles. The highest BCUT2D eigenvalue weighted by molar-refractivity contribution is 5.85. The lowest BCUT2D eigenvalue weighted by molar-refractivity contribution is -0.633. The van der Waals surface area contributed by atoms with Crippen molar-refractivity contribution in [2.75, 3.05) is 26.3 Å². The van der Waals surface area contributed by atoms with E-state index in [1.165, 1.54) is 0 Å². The first-order valence-electron chi connectivity index (χ1n) is 9.68. The summed E-state index contributed by atoms with van der Waals surface area (Å²) >= 11 is 0. The summed E-state index contributed by atoms with van der Waals surface area (Å²) in [6.07, 6.45) is 0. The third-order valence-corrected chi connectivity index (χ3v) is 5.58. The molecule has 1 aliphatic heterocycles. The number of nitrogens with zero attached hydrogens (tertiary/aromatic N) is 2. The van der Waals surface area contributed by atoms with Crippen LogP contribution in [0.2, 0.25) is 0 Å². The van der Waals surface area contributed by atoms with Gasteiger partial charge in [-0.2, -0.15) is 0 Å². The highest BCUT2D eigenvalue weighted by Crippen LogP contribution is 2.30. The Balaban J connectivity index is 1.64. The van der Waals surface area contributed by atoms with Gasteiger partial charge in [-0.1, -0.05) is 12.1 Å². The van der Waals surface area contributed by atoms with Crippen molar-refractivity contribution >= 4 is 22.0 Å². The van der Waals surface area contributed by atoms with Crippen LogP contribution >= 0.6 is 0 Å². The van der Waals surface area contributed by atoms with Crippen molar-refractivity contribution in [2.45, 2.75) is 6.54 Å². The highest BCUT2D eigenvalue weighted by Gasteiger charge is 2.23. The van der Waals surface area contributed by atoms with E-state index >= 15 is 0 Å². The van der Waals surface area contributed by atoms with E-state index in [1.807, 2.05) is 41.9 Å². The Labute approximate surface area is 166 Å². The zero-order valence-corrected chi connectivity index (χ0v) is 16.1. The molecular weight excluding hydrogens is 370 g/mol. The van der Waals surface area contributed by atoms with Gasteiger partial charge in [0, 0.05) is 25.0 Å². The average Bonchev–Trinajstić information content (AvgIpc) is 3.07. The van der Waals surface area contributed by atoms with Crippen LogP contribution in [0.1, 0.15) is 5.56 Å². The van der Waals surface area contributed by atoms with Gasteiger partial charge in [0.25, 0.3) is 5.82 Å². The number of hydrogen-bond donors (Lipinski definition) is 2. The predicted octanol–water partition coefficient (Wildman–Crippen LogP) is 2.30. The molecule has 0 amide bonds. The molecule has 2 N–H and O–H groups in total. The summed E-state index contributed by atoms with van der Waals surface area (Å²) in [5.74, 6) is 0.820. The number of aromatic amines is 1. The topological polar surface area (TPSA) is 82.6 Å². The van der Waals surface area contributed by atoms with Gasteiger partial charge in [0.2, 0.25) is 0 Å². The summed E-state index contributed by atoms with van der Waals surface area (Å²) in [5.41, 5.74) is 3.04. The summed E-state index contributed by atoms with van der Waals surface area (Å²) in [6, 6.07) is 13.1. The third kappa shape index (κ3) is 3.08. The zero-order valence-electron chi connectivity index (χ0n) is 16.1. The Morgan fingerprint density at radius 2 is 1.97 bits per heavy atom. The molecule has 0 spiro atoms. The molecule has 29 heavy (non-hydrogen) atoms. The Kier molecular flexibility index (Phi) is 4.34. The molecule has 5 rings (SSSR count). The van der Waals surface area contributed by atoms with Crippen LogP contribution in [0, 0.1) is 0 Å². The van der Waals surface area contributed by atoms with E-state index < -0.39 is 5.63 Å². The van der Waals surface area contributed by atoms with Crippen LogP contribution in [-0.4, -0.2) is 41.3 Å². The van der Waals surface area contributed by atoms with E-state index in [1.54, 1.807) is 12.1 Å². The molecule has 3 heterocycles. The zero-order chi connectivity index (χ0) is 20.0. The minimum Gasteiger partial charge on any atom is -0.507 e. The fraction of sp³-hybridized carbons (Fsp3) is 0.273. The van der Waals surface area contributed by atoms with Crippen LogP contribution in [-0.2, 0) is 18.3 Å². The molecule has 0 aliphatic carbocycles. The number of H-pyrrole nitrogens is 1. The normalized spacial score (nSPS) is 15.3. The fourth-order valence-corrected chi connectivity index (χ4v) is 3.98. The van der Waals surface area contributed by atoms with Gasteiger partial charge in [-0.25, -0.2) is 14.3 Å². The molecular formula is C22H22N3O4+. The van der Waals surface area contributed by atoms with E-state index in [-0.39, 0.29) is 5.75 Å². The van der Waals surface area contributed by atoms with Crippen LogP contribution in [0.4, 0.5) is 0 Å². The molecule has 4 aromatic rings. The smallest absolute Gasteiger partial charge is 0.352 e. The van der Waals surface area contributed by atoms with Crippen molar-refractivity contribution in [3.63, 3.8) is 0 Å². The van der Waals surface area contributed by atoms with Crippen LogP contribution in [0.25, 0.3) is 33.4 Å². The largest absolute Gasteiger partial charge is 0.507 e. The van der Waals surface area contributed by atoms with Crippen molar-refractivity contribution in [3.8, 4) is 17.1 Å². The number of benzene rings is 2. The first kappa shape index (κ1) is 17.9. The number of imidazole rings is 1. The summed E-state index contributed by atoms with van der Waals surface area (Å²) in [7, 11) is 1.92. The van der Waals surface area contributed by atoms with Crippen LogP contribution in [0.3, 0.4) is 0 Å². The average molecular weight is 392 g/mol. The quantitative estimate of drug-likeness (QED) is 0.413. The monoisotopic (exact) mass is 392 g/mol. The maximum absolute atomic E-state index is 12.9. The summed E-state index contributed by atoms with van der Waals surface area (Å²) in [6.45, 7) is 3.40. The van der Waals surface area contributed by atoms with Gasteiger partial charge in [0.05, 0.1) is 25.8 Å². The lowest BCUT2D eigenvalue weighted by Gasteiger charge is -2.26. The van der Waals surface area contributed by atoms with Crippen LogP contribution < -0.4 is 10.2 Å². The number of rotatable bonds is 3. The number of phenols is 1. The lowest BCUT2D eigenvalue weighted by atomic mass is 10.1. The molecule has 0 unspecified atom stereocenters. The first-order chi connectivity index (χ1) is 14.1. The van der Waals surface area contributed by atoms with Crippen molar-refractivity contribution in [1.29, 1.82) is 0 Å². The Morgan fingerprint density at radius 3 is 2.76 bits per heavy atom. The number of aryl methyl sites for hydroxylation is 1. The summed E-state index contributed by atoms with van der Waals surface area (Å²) in [5, 5.41) is 11.2. The lowest BCUT2D eigenvalue weighted by Crippen LogP contribution is -2.35. The van der Waals surface area contributed by atoms with Gasteiger partial charge < -0.3 is 14.3 Å². The SMILES string of the molecule is C[n+]1c(-c2cc3ccc(O)c(CN4CCOCC4)c3oc2=O)[nH]c2ccccc21. The van der Waals surface area contributed by atoms with Crippen molar-refractivity contribution in [3.05, 3.63) is 58.4 Å². The fourth-order valence-electron chi connectivity index (χ4n) is 3.98. The Bertz CT molecular complexity index is 1270. The molecule has 7 nitrogen and oxygen atoms in total. The van der Waals surface area contributed by atoms with E-state index in [0.29, 0.717) is 42.3 Å². The molecule has 1 fully saturated rings. The molecule has 0 radical (unpaired) electrons. The second-order valence-electron chi connectivity index (χ2n) is 7.37. The molecule has 0 bridgehead atoms. The molecule has 2 aromatic carbocycles. The van der Waals surface area contributed by atoms with Gasteiger partial charge >= 0.3 is 5.63 Å². The van der Waals surface area contributed by atoms with Gasteiger partial charge in [-0.3, -0.25) is 4.90 Å². The molecule has 148 valence electrons. The highest BCUT2D eigenvalue weighted by atomic mass is 16.5. The number of aromatic hydroxyl groups is 1. The van der Waals surface area contributed by atoms with Crippen LogP contribution in [0.5, 0.6) is 5.75 Å². The molecule has 0 atom stereocenters. The Hall–Kier alpha value is -3.16. The summed E-state index contributed by atoms with van der Waals surface area (Å²) < 4.78 is 13.1. The van der Waals surface area contributed by atoms with Crippen molar-refractivity contribution in [1.82, 2.24) is 9.88 Å². The predicted molar refractivity (Wildman–Crippen MR) is 109 cm³/mol.